The van der Waals surface area contributed by atoms with Crippen LogP contribution in [0.3, 0.4) is 0 Å². The molecular weight excluding hydrogens is 392 g/mol. The first kappa shape index (κ1) is 22.0. The molecule has 30 heavy (non-hydrogen) atoms. The van der Waals surface area contributed by atoms with Crippen molar-refractivity contribution in [3.8, 4) is 6.07 Å². The molecule has 0 radical (unpaired) electrons. The Kier molecular flexibility index (Phi) is 7.27. The molecule has 3 heterocycles. The first-order chi connectivity index (χ1) is 14.4. The van der Waals surface area contributed by atoms with Crippen LogP contribution in [0.5, 0.6) is 0 Å². The van der Waals surface area contributed by atoms with Gasteiger partial charge in [0.05, 0.1) is 32.3 Å². The predicted molar refractivity (Wildman–Crippen MR) is 123 cm³/mol. The fraction of sp³-hybridized carbons (Fsp3) is 0.545. The van der Waals surface area contributed by atoms with Crippen molar-refractivity contribution in [3.05, 3.63) is 24.3 Å². The van der Waals surface area contributed by atoms with Crippen molar-refractivity contribution in [3.63, 3.8) is 0 Å². The highest BCUT2D eigenvalue weighted by Gasteiger charge is 2.16. The highest BCUT2D eigenvalue weighted by molar-refractivity contribution is 6.76. The molecule has 1 aliphatic rings. The second-order valence-electron chi connectivity index (χ2n) is 9.32. The number of nitrogens with zero attached hydrogens (tertiary/aromatic N) is 3. The van der Waals surface area contributed by atoms with Gasteiger partial charge in [0.25, 0.3) is 0 Å². The van der Waals surface area contributed by atoms with Gasteiger partial charge in [-0.25, -0.2) is 9.97 Å². The minimum absolute atomic E-state index is 0.00903. The summed E-state index contributed by atoms with van der Waals surface area (Å²) in [7, 11) is -1.27. The van der Waals surface area contributed by atoms with Crippen LogP contribution in [0.25, 0.3) is 22.1 Å². The number of imidazole rings is 1. The minimum atomic E-state index is -1.27. The zero-order chi connectivity index (χ0) is 21.6. The van der Waals surface area contributed by atoms with E-state index in [9.17, 15) is 4.79 Å². The second-order valence-corrected chi connectivity index (χ2v) is 14.8. The molecule has 3 aromatic heterocycles. The number of hydrogen-bond donors (Lipinski definition) is 3. The van der Waals surface area contributed by atoms with Gasteiger partial charge in [-0.15, -0.1) is 0 Å². The maximum atomic E-state index is 12.0. The summed E-state index contributed by atoms with van der Waals surface area (Å²) in [4.78, 5) is 27.0. The molecule has 0 aromatic carbocycles. The Morgan fingerprint density at radius 2 is 2.07 bits per heavy atom. The summed E-state index contributed by atoms with van der Waals surface area (Å²) >= 11 is 0. The van der Waals surface area contributed by atoms with Crippen LogP contribution >= 0.6 is 0 Å². The van der Waals surface area contributed by atoms with Gasteiger partial charge in [-0.3, -0.25) is 4.79 Å². The molecule has 7 nitrogen and oxygen atoms in total. The lowest BCUT2D eigenvalue weighted by atomic mass is 9.87. The van der Waals surface area contributed by atoms with E-state index in [1.807, 2.05) is 12.3 Å². The van der Waals surface area contributed by atoms with Crippen molar-refractivity contribution in [2.24, 2.45) is 5.92 Å². The van der Waals surface area contributed by atoms with Gasteiger partial charge in [0.2, 0.25) is 5.91 Å². The number of carbonyl (C=O) groups is 1. The van der Waals surface area contributed by atoms with Gasteiger partial charge < -0.3 is 15.3 Å². The van der Waals surface area contributed by atoms with Crippen LogP contribution < -0.4 is 5.32 Å². The molecule has 0 saturated heterocycles. The van der Waals surface area contributed by atoms with E-state index in [-0.39, 0.29) is 12.3 Å². The molecule has 0 atom stereocenters. The third-order valence-corrected chi connectivity index (χ3v) is 6.57. The van der Waals surface area contributed by atoms with Crippen LogP contribution in [0.2, 0.25) is 19.6 Å². The van der Waals surface area contributed by atoms with Crippen molar-refractivity contribution in [1.29, 1.82) is 5.26 Å². The zero-order valence-corrected chi connectivity index (χ0v) is 19.2. The lowest BCUT2D eigenvalue weighted by Gasteiger charge is -2.17. The van der Waals surface area contributed by atoms with E-state index in [1.165, 1.54) is 32.1 Å². The molecule has 3 aromatic rings. The number of hydrogen-bond acceptors (Lipinski definition) is 4. The maximum absolute atomic E-state index is 12.0. The number of aromatic nitrogens is 4. The second kappa shape index (κ2) is 9.89. The van der Waals surface area contributed by atoms with E-state index >= 15 is 0 Å². The van der Waals surface area contributed by atoms with Gasteiger partial charge in [-0.2, -0.15) is 5.26 Å². The molecular formula is C22H32N6OSi. The Hall–Kier alpha value is -2.66. The number of fused-ring (bicyclic) bond motifs is 3. The zero-order valence-electron chi connectivity index (χ0n) is 18.2. The van der Waals surface area contributed by atoms with Crippen molar-refractivity contribution in [1.82, 2.24) is 25.3 Å². The summed E-state index contributed by atoms with van der Waals surface area (Å²) < 4.78 is 0. The van der Waals surface area contributed by atoms with Gasteiger partial charge in [0, 0.05) is 24.2 Å². The van der Waals surface area contributed by atoms with Crippen molar-refractivity contribution in [2.45, 2.75) is 64.6 Å². The molecule has 3 N–H and O–H groups in total. The van der Waals surface area contributed by atoms with Crippen LogP contribution in [0, 0.1) is 17.2 Å². The summed E-state index contributed by atoms with van der Waals surface area (Å²) in [5.74, 6) is 1.42. The Bertz CT molecular complexity index is 1020. The van der Waals surface area contributed by atoms with Crippen molar-refractivity contribution < 1.29 is 4.79 Å². The molecule has 0 unspecified atom stereocenters. The maximum Gasteiger partial charge on any atom is 0.227 e. The van der Waals surface area contributed by atoms with E-state index in [4.69, 9.17) is 5.26 Å². The first-order valence-electron chi connectivity index (χ1n) is 10.8. The van der Waals surface area contributed by atoms with E-state index in [0.29, 0.717) is 5.82 Å². The summed E-state index contributed by atoms with van der Waals surface area (Å²) in [5.41, 5.74) is 2.52. The quantitative estimate of drug-likeness (QED) is 0.525. The normalized spacial score (nSPS) is 14.9. The van der Waals surface area contributed by atoms with Gasteiger partial charge in [0.1, 0.15) is 17.0 Å². The molecule has 1 amide bonds. The van der Waals surface area contributed by atoms with Crippen LogP contribution in [0.1, 0.15) is 44.3 Å². The number of H-pyrrole nitrogens is 2. The number of pyridine rings is 1. The molecule has 4 rings (SSSR count). The molecule has 8 heteroatoms. The first-order valence-corrected chi connectivity index (χ1v) is 14.5. The van der Waals surface area contributed by atoms with Crippen LogP contribution in [-0.2, 0) is 11.2 Å². The number of aromatic amines is 2. The standard InChI is InChI=1S/C14H19N5OSi.C8H13N/c1-21(2,3)8-17-12(20)6-11-18-10-7-16-14-9(4-5-15-14)13(10)19-11;9-7-6-8-4-2-1-3-5-8/h4-5,7H,6,8H2,1-3H3,(H,15,16)(H,17,20)(H,18,19);8H,1-6H2. The molecule has 1 aliphatic carbocycles. The van der Waals surface area contributed by atoms with E-state index in [1.54, 1.807) is 6.20 Å². The average molecular weight is 425 g/mol. The van der Waals surface area contributed by atoms with E-state index in [0.717, 1.165) is 40.6 Å². The van der Waals surface area contributed by atoms with Crippen LogP contribution in [0.15, 0.2) is 18.5 Å². The van der Waals surface area contributed by atoms with Gasteiger partial charge in [-0.1, -0.05) is 38.9 Å². The van der Waals surface area contributed by atoms with Gasteiger partial charge in [-0.05, 0) is 24.8 Å². The summed E-state index contributed by atoms with van der Waals surface area (Å²) in [6.07, 6.45) is 12.1. The SMILES string of the molecule is C[Si](C)(C)CNC(=O)Cc1nc2c(cnc3[nH]ccc32)[nH]1.N#CCC1CCCCC1. The highest BCUT2D eigenvalue weighted by atomic mass is 28.3. The Morgan fingerprint density at radius 3 is 2.77 bits per heavy atom. The summed E-state index contributed by atoms with van der Waals surface area (Å²) in [6.45, 7) is 6.67. The molecule has 1 fully saturated rings. The molecule has 160 valence electrons. The number of carbonyl (C=O) groups excluding carboxylic acids is 1. The fourth-order valence-corrected chi connectivity index (χ4v) is 4.43. The topological polar surface area (TPSA) is 110 Å². The monoisotopic (exact) mass is 424 g/mol. The average Bonchev–Trinajstić information content (AvgIpc) is 3.33. The Balaban J connectivity index is 0.000000239. The lowest BCUT2D eigenvalue weighted by Crippen LogP contribution is -2.40. The third kappa shape index (κ3) is 6.17. The summed E-state index contributed by atoms with van der Waals surface area (Å²) in [6, 6.07) is 4.18. The predicted octanol–water partition coefficient (Wildman–Crippen LogP) is 4.46. The van der Waals surface area contributed by atoms with Crippen molar-refractivity contribution in [2.75, 3.05) is 6.17 Å². The van der Waals surface area contributed by atoms with E-state index in [2.05, 4.69) is 51.0 Å². The molecule has 0 bridgehead atoms. The molecule has 0 aliphatic heterocycles. The molecule has 1 saturated carbocycles. The fourth-order valence-electron chi connectivity index (χ4n) is 3.71. The highest BCUT2D eigenvalue weighted by Crippen LogP contribution is 2.25. The van der Waals surface area contributed by atoms with E-state index < -0.39 is 8.07 Å². The smallest absolute Gasteiger partial charge is 0.227 e. The van der Waals surface area contributed by atoms with Gasteiger partial charge in [0.15, 0.2) is 0 Å². The van der Waals surface area contributed by atoms with Crippen LogP contribution in [-0.4, -0.2) is 40.1 Å². The van der Waals surface area contributed by atoms with Crippen LogP contribution in [0.4, 0.5) is 0 Å². The van der Waals surface area contributed by atoms with Gasteiger partial charge >= 0.3 is 0 Å². The largest absolute Gasteiger partial charge is 0.359 e. The lowest BCUT2D eigenvalue weighted by molar-refractivity contribution is -0.120. The number of nitriles is 1. The number of nitrogens with one attached hydrogen (secondary N) is 3. The summed E-state index contributed by atoms with van der Waals surface area (Å²) in [5, 5.41) is 12.3. The number of amides is 1. The van der Waals surface area contributed by atoms with Crippen molar-refractivity contribution >= 4 is 36.0 Å². The number of rotatable bonds is 5. The molecule has 0 spiro atoms. The third-order valence-electron chi connectivity index (χ3n) is 5.33. The Morgan fingerprint density at radius 1 is 1.30 bits per heavy atom. The Labute approximate surface area is 178 Å². The minimum Gasteiger partial charge on any atom is -0.359 e.